The molecule has 9 heteroatoms. The zero-order valence-electron chi connectivity index (χ0n) is 19.9. The lowest BCUT2D eigenvalue weighted by Crippen LogP contribution is -2.45. The first-order chi connectivity index (χ1) is 17.6. The Morgan fingerprint density at radius 1 is 1.11 bits per heavy atom. The van der Waals surface area contributed by atoms with E-state index in [2.05, 4.69) is 20.5 Å². The van der Waals surface area contributed by atoms with Crippen LogP contribution in [0.2, 0.25) is 0 Å². The number of piperidine rings is 1. The highest BCUT2D eigenvalue weighted by atomic mass is 16.2. The molecule has 4 aromatic rings. The molecule has 0 radical (unpaired) electrons. The van der Waals surface area contributed by atoms with Gasteiger partial charge in [-0.15, -0.1) is 0 Å². The number of hydrogen-bond acceptors (Lipinski definition) is 5. The Hall–Kier alpha value is -4.24. The van der Waals surface area contributed by atoms with Gasteiger partial charge in [-0.25, -0.2) is 4.98 Å². The normalized spacial score (nSPS) is 15.6. The third-order valence-electron chi connectivity index (χ3n) is 6.38. The Morgan fingerprint density at radius 2 is 1.97 bits per heavy atom. The molecule has 4 N–H and O–H groups in total. The van der Waals surface area contributed by atoms with E-state index in [-0.39, 0.29) is 17.9 Å². The number of likely N-dealkylation sites (tertiary alicyclic amines) is 1. The van der Waals surface area contributed by atoms with Gasteiger partial charge in [-0.3, -0.25) is 24.6 Å². The van der Waals surface area contributed by atoms with Crippen molar-refractivity contribution >= 4 is 17.8 Å². The number of nitrogens with one attached hydrogen (secondary N) is 2. The molecule has 2 aromatic heterocycles. The first-order valence-corrected chi connectivity index (χ1v) is 12.1. The van der Waals surface area contributed by atoms with Crippen LogP contribution in [0.25, 0.3) is 16.8 Å². The number of hydrogen-bond donors (Lipinski definition) is 3. The van der Waals surface area contributed by atoms with Crippen LogP contribution in [0.3, 0.4) is 0 Å². The lowest BCUT2D eigenvalue weighted by Gasteiger charge is -2.30. The van der Waals surface area contributed by atoms with E-state index in [4.69, 9.17) is 5.73 Å². The lowest BCUT2D eigenvalue weighted by molar-refractivity contribution is -0.132. The fourth-order valence-electron chi connectivity index (χ4n) is 4.48. The van der Waals surface area contributed by atoms with Gasteiger partial charge in [0.1, 0.15) is 0 Å². The van der Waals surface area contributed by atoms with Gasteiger partial charge < -0.3 is 10.6 Å². The molecule has 1 fully saturated rings. The summed E-state index contributed by atoms with van der Waals surface area (Å²) in [5.41, 5.74) is 9.93. The number of nitrogens with two attached hydrogens (primary N) is 1. The monoisotopic (exact) mass is 483 g/mol. The maximum atomic E-state index is 13.2. The van der Waals surface area contributed by atoms with E-state index in [9.17, 15) is 9.59 Å². The number of aromatic nitrogens is 4. The van der Waals surface area contributed by atoms with Crippen molar-refractivity contribution in [2.75, 3.05) is 18.4 Å². The van der Waals surface area contributed by atoms with Gasteiger partial charge in [-0.05, 0) is 42.7 Å². The summed E-state index contributed by atoms with van der Waals surface area (Å²) in [5.74, 6) is 0.219. The molecule has 9 nitrogen and oxygen atoms in total. The summed E-state index contributed by atoms with van der Waals surface area (Å²) in [7, 11) is 0. The molecule has 0 spiro atoms. The van der Waals surface area contributed by atoms with Crippen LogP contribution in [0.4, 0.5) is 5.95 Å². The van der Waals surface area contributed by atoms with Gasteiger partial charge >= 0.3 is 0 Å². The van der Waals surface area contributed by atoms with Gasteiger partial charge in [0.05, 0.1) is 11.9 Å². The number of rotatable bonds is 7. The highest BCUT2D eigenvalue weighted by molar-refractivity contribution is 6.04. The predicted molar refractivity (Wildman–Crippen MR) is 138 cm³/mol. The molecule has 1 aliphatic rings. The van der Waals surface area contributed by atoms with E-state index in [0.717, 1.165) is 41.9 Å². The SMILES string of the molecule is NC1CCCN(C(=O)CCc2cn(-c3ccccc3)c(NC(=O)c3cccc(-c4cn[nH]c4)c3)n2)C1. The molecule has 184 valence electrons. The smallest absolute Gasteiger partial charge is 0.258 e. The van der Waals surface area contributed by atoms with Gasteiger partial charge in [0.2, 0.25) is 11.9 Å². The molecule has 1 saturated heterocycles. The minimum absolute atomic E-state index is 0.0498. The summed E-state index contributed by atoms with van der Waals surface area (Å²) < 4.78 is 1.84. The van der Waals surface area contributed by atoms with Crippen LogP contribution in [0.5, 0.6) is 0 Å². The number of anilines is 1. The third kappa shape index (κ3) is 5.36. The zero-order valence-corrected chi connectivity index (χ0v) is 19.9. The van der Waals surface area contributed by atoms with E-state index in [0.29, 0.717) is 30.9 Å². The van der Waals surface area contributed by atoms with Crippen molar-refractivity contribution in [2.45, 2.75) is 31.7 Å². The lowest BCUT2D eigenvalue weighted by atomic mass is 10.1. The summed E-state index contributed by atoms with van der Waals surface area (Å²) >= 11 is 0. The second-order valence-electron chi connectivity index (χ2n) is 9.03. The molecule has 5 rings (SSSR count). The Balaban J connectivity index is 1.34. The molecule has 1 unspecified atom stereocenters. The summed E-state index contributed by atoms with van der Waals surface area (Å²) in [4.78, 5) is 32.4. The molecule has 3 heterocycles. The molecule has 2 amide bonds. The van der Waals surface area contributed by atoms with Crippen molar-refractivity contribution in [3.05, 3.63) is 84.4 Å². The van der Waals surface area contributed by atoms with Crippen molar-refractivity contribution in [1.82, 2.24) is 24.6 Å². The number of imidazole rings is 1. The first-order valence-electron chi connectivity index (χ1n) is 12.1. The Labute approximate surface area is 209 Å². The van der Waals surface area contributed by atoms with Crippen molar-refractivity contribution in [1.29, 1.82) is 0 Å². The quantitative estimate of drug-likeness (QED) is 0.372. The van der Waals surface area contributed by atoms with Crippen LogP contribution in [0.15, 0.2) is 73.2 Å². The largest absolute Gasteiger partial charge is 0.341 e. The summed E-state index contributed by atoms with van der Waals surface area (Å²) in [6, 6.07) is 17.1. The van der Waals surface area contributed by atoms with Gasteiger partial charge in [0.15, 0.2) is 0 Å². The van der Waals surface area contributed by atoms with Crippen LogP contribution >= 0.6 is 0 Å². The number of benzene rings is 2. The van der Waals surface area contributed by atoms with E-state index in [1.54, 1.807) is 18.5 Å². The zero-order chi connectivity index (χ0) is 24.9. The Morgan fingerprint density at radius 3 is 2.75 bits per heavy atom. The first kappa shape index (κ1) is 23.5. The minimum atomic E-state index is -0.270. The van der Waals surface area contributed by atoms with Gasteiger partial charge in [0.25, 0.3) is 5.91 Å². The maximum Gasteiger partial charge on any atom is 0.258 e. The molecule has 36 heavy (non-hydrogen) atoms. The number of aryl methyl sites for hydroxylation is 1. The van der Waals surface area contributed by atoms with Crippen LogP contribution < -0.4 is 11.1 Å². The number of para-hydroxylation sites is 1. The fraction of sp³-hybridized carbons (Fsp3) is 0.259. The van der Waals surface area contributed by atoms with Crippen LogP contribution in [-0.4, -0.2) is 55.6 Å². The molecule has 0 bridgehead atoms. The predicted octanol–water partition coefficient (Wildman–Crippen LogP) is 3.40. The molecular formula is C27H29N7O2. The summed E-state index contributed by atoms with van der Waals surface area (Å²) in [5, 5.41) is 9.72. The number of amides is 2. The molecular weight excluding hydrogens is 454 g/mol. The highest BCUT2D eigenvalue weighted by Crippen LogP contribution is 2.22. The molecule has 0 aliphatic carbocycles. The van der Waals surface area contributed by atoms with E-state index >= 15 is 0 Å². The van der Waals surface area contributed by atoms with Gasteiger partial charge in [0, 0.05) is 61.2 Å². The van der Waals surface area contributed by atoms with Crippen LogP contribution in [0, 0.1) is 0 Å². The van der Waals surface area contributed by atoms with E-state index in [1.807, 2.05) is 64.2 Å². The summed E-state index contributed by atoms with van der Waals surface area (Å²) in [6.45, 7) is 1.36. The van der Waals surface area contributed by atoms with Crippen LogP contribution in [0.1, 0.15) is 35.3 Å². The second kappa shape index (κ2) is 10.6. The number of carbonyl (C=O) groups excluding carboxylic acids is 2. The number of nitrogens with zero attached hydrogens (tertiary/aromatic N) is 4. The fourth-order valence-corrected chi connectivity index (χ4v) is 4.48. The molecule has 1 atom stereocenters. The Bertz CT molecular complexity index is 1330. The molecule has 2 aromatic carbocycles. The van der Waals surface area contributed by atoms with E-state index < -0.39 is 0 Å². The number of H-pyrrole nitrogens is 1. The molecule has 1 aliphatic heterocycles. The average molecular weight is 484 g/mol. The second-order valence-corrected chi connectivity index (χ2v) is 9.03. The highest BCUT2D eigenvalue weighted by Gasteiger charge is 2.22. The van der Waals surface area contributed by atoms with Crippen molar-refractivity contribution in [3.63, 3.8) is 0 Å². The van der Waals surface area contributed by atoms with Gasteiger partial charge in [-0.2, -0.15) is 5.10 Å². The van der Waals surface area contributed by atoms with Crippen molar-refractivity contribution < 1.29 is 9.59 Å². The maximum absolute atomic E-state index is 13.2. The van der Waals surface area contributed by atoms with Crippen molar-refractivity contribution in [2.24, 2.45) is 5.73 Å². The Kier molecular flexibility index (Phi) is 6.90. The van der Waals surface area contributed by atoms with Gasteiger partial charge in [-0.1, -0.05) is 30.3 Å². The van der Waals surface area contributed by atoms with E-state index in [1.165, 1.54) is 0 Å². The minimum Gasteiger partial charge on any atom is -0.341 e. The average Bonchev–Trinajstić information content (AvgIpc) is 3.58. The standard InChI is InChI=1S/C27H29N7O2/c28-22-8-5-13-33(17-22)25(35)12-11-23-18-34(24-9-2-1-3-10-24)27(31-23)32-26(36)20-7-4-6-19(14-20)21-15-29-30-16-21/h1-4,6-7,9-10,14-16,18,22H,5,8,11-13,17,28H2,(H,29,30)(H,31,32,36). The third-order valence-corrected chi connectivity index (χ3v) is 6.38. The number of aromatic amines is 1. The molecule has 0 saturated carbocycles. The van der Waals surface area contributed by atoms with Crippen LogP contribution in [-0.2, 0) is 11.2 Å². The number of carbonyl (C=O) groups is 2. The summed E-state index contributed by atoms with van der Waals surface area (Å²) in [6.07, 6.45) is 8.09. The van der Waals surface area contributed by atoms with Crippen molar-refractivity contribution in [3.8, 4) is 16.8 Å². The topological polar surface area (TPSA) is 122 Å².